The Morgan fingerprint density at radius 1 is 1.12 bits per heavy atom. The molecule has 1 amide bonds. The number of morpholine rings is 1. The number of halogens is 1. The Hall–Kier alpha value is -3.87. The highest BCUT2D eigenvalue weighted by Crippen LogP contribution is 2.34. The molecule has 1 aliphatic rings. The number of fused-ring (bicyclic) bond motifs is 1. The minimum atomic E-state index is -3.80. The highest BCUT2D eigenvalue weighted by Gasteiger charge is 2.32. The van der Waals surface area contributed by atoms with Gasteiger partial charge in [-0.15, -0.1) is 0 Å². The number of nitrogens with zero attached hydrogens (tertiary/aromatic N) is 4. The van der Waals surface area contributed by atoms with E-state index >= 15 is 4.39 Å². The van der Waals surface area contributed by atoms with Gasteiger partial charge in [-0.05, 0) is 83.0 Å². The van der Waals surface area contributed by atoms with Crippen molar-refractivity contribution in [2.75, 3.05) is 18.4 Å². The smallest absolute Gasteiger partial charge is 0.243 e. The summed E-state index contributed by atoms with van der Waals surface area (Å²) < 4.78 is 57.2. The zero-order chi connectivity index (χ0) is 31.1. The fourth-order valence-electron chi connectivity index (χ4n) is 5.04. The summed E-state index contributed by atoms with van der Waals surface area (Å²) in [6, 6.07) is 9.10. The molecule has 0 saturated carbocycles. The monoisotopic (exact) mass is 609 g/mol. The average molecular weight is 610 g/mol. The molecule has 43 heavy (non-hydrogen) atoms. The lowest BCUT2D eigenvalue weighted by Crippen LogP contribution is -2.48. The van der Waals surface area contributed by atoms with Crippen molar-refractivity contribution in [1.29, 1.82) is 0 Å². The topological polar surface area (TPSA) is 116 Å². The van der Waals surface area contributed by atoms with Crippen molar-refractivity contribution in [1.82, 2.24) is 19.1 Å². The first kappa shape index (κ1) is 30.6. The van der Waals surface area contributed by atoms with E-state index in [0.717, 1.165) is 0 Å². The maximum atomic E-state index is 15.2. The minimum absolute atomic E-state index is 0.108. The molecule has 0 radical (unpaired) electrons. The van der Waals surface area contributed by atoms with Crippen molar-refractivity contribution in [3.63, 3.8) is 0 Å². The number of nitrogens with one attached hydrogen (secondary N) is 1. The van der Waals surface area contributed by atoms with E-state index < -0.39 is 15.8 Å². The third-order valence-corrected chi connectivity index (χ3v) is 8.99. The van der Waals surface area contributed by atoms with E-state index in [9.17, 15) is 13.2 Å². The largest absolute Gasteiger partial charge is 0.456 e. The predicted octanol–water partition coefficient (Wildman–Crippen LogP) is 5.41. The van der Waals surface area contributed by atoms with E-state index in [1.807, 2.05) is 34.6 Å². The van der Waals surface area contributed by atoms with Crippen molar-refractivity contribution in [2.24, 2.45) is 0 Å². The van der Waals surface area contributed by atoms with Gasteiger partial charge in [-0.25, -0.2) is 12.8 Å². The summed E-state index contributed by atoms with van der Waals surface area (Å²) in [6.07, 6.45) is 4.21. The molecule has 2 atom stereocenters. The van der Waals surface area contributed by atoms with Crippen LogP contribution in [0.3, 0.4) is 0 Å². The van der Waals surface area contributed by atoms with Gasteiger partial charge in [0.25, 0.3) is 0 Å². The molecule has 2 aromatic carbocycles. The van der Waals surface area contributed by atoms with Crippen LogP contribution in [0, 0.1) is 12.7 Å². The second-order valence-electron chi connectivity index (χ2n) is 11.9. The molecular formula is C31H36FN5O5S. The highest BCUT2D eigenvalue weighted by atomic mass is 32.2. The Morgan fingerprint density at radius 3 is 2.51 bits per heavy atom. The minimum Gasteiger partial charge on any atom is -0.456 e. The molecular weight excluding hydrogens is 573 g/mol. The molecule has 1 saturated heterocycles. The van der Waals surface area contributed by atoms with Gasteiger partial charge in [0.2, 0.25) is 15.9 Å². The number of aryl methyl sites for hydroxylation is 1. The Labute approximate surface area is 250 Å². The first-order valence-corrected chi connectivity index (χ1v) is 15.5. The van der Waals surface area contributed by atoms with Crippen LogP contribution >= 0.6 is 0 Å². The third kappa shape index (κ3) is 6.71. The number of carbonyl (C=O) groups is 1. The number of hydrogen-bond acceptors (Lipinski definition) is 7. The van der Waals surface area contributed by atoms with E-state index in [4.69, 9.17) is 9.47 Å². The molecule has 0 aliphatic carbocycles. The van der Waals surface area contributed by atoms with Crippen molar-refractivity contribution in [3.8, 4) is 11.5 Å². The molecule has 0 spiro atoms. The number of hydrogen-bond donors (Lipinski definition) is 1. The fourth-order valence-corrected chi connectivity index (χ4v) is 6.66. The molecule has 10 nitrogen and oxygen atoms in total. The number of carbonyl (C=O) groups excluding carboxylic acids is 1. The summed E-state index contributed by atoms with van der Waals surface area (Å²) in [5, 5.41) is 7.50. The normalized spacial score (nSPS) is 18.1. The molecule has 1 aliphatic heterocycles. The van der Waals surface area contributed by atoms with E-state index in [-0.39, 0.29) is 59.4 Å². The lowest BCUT2D eigenvalue weighted by Gasteiger charge is -2.34. The Morgan fingerprint density at radius 2 is 1.84 bits per heavy atom. The summed E-state index contributed by atoms with van der Waals surface area (Å²) in [6.45, 7) is 11.9. The molecule has 1 N–H and O–H groups in total. The molecule has 12 heteroatoms. The Bertz CT molecular complexity index is 1770. The van der Waals surface area contributed by atoms with Crippen LogP contribution in [0.4, 0.5) is 10.1 Å². The first-order valence-electron chi connectivity index (χ1n) is 14.1. The predicted molar refractivity (Wildman–Crippen MR) is 161 cm³/mol. The van der Waals surface area contributed by atoms with Crippen LogP contribution in [0.15, 0.2) is 59.9 Å². The fraction of sp³-hybridized carbons (Fsp3) is 0.387. The zero-order valence-corrected chi connectivity index (χ0v) is 25.9. The van der Waals surface area contributed by atoms with Crippen molar-refractivity contribution in [2.45, 2.75) is 70.6 Å². The van der Waals surface area contributed by atoms with Gasteiger partial charge in [-0.1, -0.05) is 0 Å². The average Bonchev–Trinajstić information content (AvgIpc) is 3.40. The van der Waals surface area contributed by atoms with Gasteiger partial charge in [0.05, 0.1) is 46.5 Å². The first-order chi connectivity index (χ1) is 20.2. The van der Waals surface area contributed by atoms with Gasteiger partial charge in [-0.3, -0.25) is 14.5 Å². The number of rotatable bonds is 7. The lowest BCUT2D eigenvalue weighted by atomic mass is 10.1. The van der Waals surface area contributed by atoms with Crippen molar-refractivity contribution in [3.05, 3.63) is 71.9 Å². The second-order valence-corrected chi connectivity index (χ2v) is 13.9. The second kappa shape index (κ2) is 11.7. The summed E-state index contributed by atoms with van der Waals surface area (Å²) in [4.78, 5) is 17.1. The van der Waals surface area contributed by atoms with Gasteiger partial charge in [0.15, 0.2) is 0 Å². The van der Waals surface area contributed by atoms with Gasteiger partial charge >= 0.3 is 0 Å². The van der Waals surface area contributed by atoms with Crippen LogP contribution in [0.1, 0.15) is 45.7 Å². The molecule has 2 aromatic heterocycles. The van der Waals surface area contributed by atoms with Crippen molar-refractivity contribution >= 4 is 32.5 Å². The summed E-state index contributed by atoms with van der Waals surface area (Å²) in [5.41, 5.74) is 1.64. The number of ether oxygens (including phenoxy) is 2. The lowest BCUT2D eigenvalue weighted by molar-refractivity contribution is -0.115. The summed E-state index contributed by atoms with van der Waals surface area (Å²) in [7, 11) is -3.80. The zero-order valence-electron chi connectivity index (χ0n) is 25.1. The SMILES string of the molecule is Cc1cc(CC(=O)Nc2cnn(C(C)(C)C)c2)c(F)cc1Oc1ccnc2ccc(S(=O)(=O)N3C[C@@H](C)O[C@@H](C)C3)cc12. The Kier molecular flexibility index (Phi) is 8.30. The van der Waals surface area contributed by atoms with Crippen molar-refractivity contribution < 1.29 is 27.1 Å². The highest BCUT2D eigenvalue weighted by molar-refractivity contribution is 7.89. The summed E-state index contributed by atoms with van der Waals surface area (Å²) >= 11 is 0. The van der Waals surface area contributed by atoms with Crippen LogP contribution in [0.5, 0.6) is 11.5 Å². The molecule has 5 rings (SSSR count). The van der Waals surface area contributed by atoms with Gasteiger partial charge in [-0.2, -0.15) is 9.40 Å². The molecule has 228 valence electrons. The van der Waals surface area contributed by atoms with E-state index in [1.165, 1.54) is 22.5 Å². The van der Waals surface area contributed by atoms with E-state index in [0.29, 0.717) is 27.9 Å². The Balaban J connectivity index is 1.36. The number of amides is 1. The molecule has 0 unspecified atom stereocenters. The maximum absolute atomic E-state index is 15.2. The van der Waals surface area contributed by atoms with Gasteiger partial charge in [0.1, 0.15) is 17.3 Å². The third-order valence-electron chi connectivity index (χ3n) is 7.17. The van der Waals surface area contributed by atoms with Gasteiger partial charge in [0, 0.05) is 36.9 Å². The van der Waals surface area contributed by atoms with Crippen LogP contribution in [0.25, 0.3) is 10.9 Å². The number of aromatic nitrogens is 3. The van der Waals surface area contributed by atoms with Crippen LogP contribution in [-0.4, -0.2) is 58.7 Å². The standard InChI is InChI=1S/C31H36FN5O5S/c1-19-11-22(12-30(38)35-23-15-34-37(18-23)31(4,5)6)26(32)14-29(19)42-28-9-10-33-27-8-7-24(13-25(27)28)43(39,40)36-16-20(2)41-21(3)17-36/h7-11,13-15,18,20-21H,12,16-17H2,1-6H3,(H,35,38)/t20-,21+. The van der Waals surface area contributed by atoms with Gasteiger partial charge < -0.3 is 14.8 Å². The molecule has 4 aromatic rings. The summed E-state index contributed by atoms with van der Waals surface area (Å²) in [5.74, 6) is -0.406. The van der Waals surface area contributed by atoms with E-state index in [1.54, 1.807) is 48.4 Å². The number of pyridine rings is 1. The van der Waals surface area contributed by atoms with Crippen LogP contribution in [0.2, 0.25) is 0 Å². The van der Waals surface area contributed by atoms with E-state index in [2.05, 4.69) is 15.4 Å². The maximum Gasteiger partial charge on any atom is 0.243 e. The number of benzene rings is 2. The molecule has 1 fully saturated rings. The number of anilines is 1. The van der Waals surface area contributed by atoms with Crippen LogP contribution < -0.4 is 10.1 Å². The molecule has 3 heterocycles. The van der Waals surface area contributed by atoms with Crippen LogP contribution in [-0.2, 0) is 31.5 Å². The molecule has 0 bridgehead atoms. The quantitative estimate of drug-likeness (QED) is 0.298. The number of sulfonamides is 1.